The Morgan fingerprint density at radius 1 is 1.00 bits per heavy atom. The van der Waals surface area contributed by atoms with Crippen molar-refractivity contribution in [1.29, 1.82) is 0 Å². The van der Waals surface area contributed by atoms with E-state index in [-0.39, 0.29) is 0 Å². The largest absolute Gasteiger partial charge is 0.464 e. The zero-order valence-electron chi connectivity index (χ0n) is 12.1. The quantitative estimate of drug-likeness (QED) is 0.741. The molecule has 4 rings (SSSR count). The van der Waals surface area contributed by atoms with Gasteiger partial charge in [-0.15, -0.1) is 0 Å². The molecule has 0 atom stereocenters. The predicted molar refractivity (Wildman–Crippen MR) is 82.7 cm³/mol. The molecule has 112 valence electrons. The minimum atomic E-state index is 0.751. The Morgan fingerprint density at radius 3 is 2.64 bits per heavy atom. The van der Waals surface area contributed by atoms with E-state index in [2.05, 4.69) is 28.1 Å². The topological polar surface area (TPSA) is 51.6 Å². The molecule has 0 radical (unpaired) electrons. The summed E-state index contributed by atoms with van der Waals surface area (Å²) in [6, 6.07) is 10.1. The number of ether oxygens (including phenoxy) is 1. The van der Waals surface area contributed by atoms with Crippen LogP contribution in [0.4, 0.5) is 5.69 Å². The number of furan rings is 1. The van der Waals surface area contributed by atoms with E-state index in [0.29, 0.717) is 0 Å². The van der Waals surface area contributed by atoms with Gasteiger partial charge in [0.05, 0.1) is 25.7 Å². The van der Waals surface area contributed by atoms with Crippen LogP contribution in [-0.2, 0) is 4.74 Å². The van der Waals surface area contributed by atoms with Crippen molar-refractivity contribution in [2.75, 3.05) is 31.2 Å². The lowest BCUT2D eigenvalue weighted by atomic mass is 10.0. The molecule has 0 amide bonds. The molecule has 3 heterocycles. The van der Waals surface area contributed by atoms with Crippen LogP contribution in [0.15, 0.2) is 58.0 Å². The second kappa shape index (κ2) is 5.69. The van der Waals surface area contributed by atoms with E-state index < -0.39 is 0 Å². The third kappa shape index (κ3) is 2.40. The normalized spacial score (nSPS) is 15.2. The van der Waals surface area contributed by atoms with Gasteiger partial charge in [-0.3, -0.25) is 0 Å². The maximum atomic E-state index is 5.62. The fourth-order valence-electron chi connectivity index (χ4n) is 2.76. The SMILES string of the molecule is c1coc(-c2cc(-c3cnco3)ccc2N2CCOCC2)c1. The van der Waals surface area contributed by atoms with Gasteiger partial charge in [0.15, 0.2) is 12.2 Å². The second-order valence-electron chi connectivity index (χ2n) is 5.17. The van der Waals surface area contributed by atoms with Crippen LogP contribution >= 0.6 is 0 Å². The molecular weight excluding hydrogens is 280 g/mol. The van der Waals surface area contributed by atoms with Crippen LogP contribution in [0.2, 0.25) is 0 Å². The van der Waals surface area contributed by atoms with E-state index >= 15 is 0 Å². The Hall–Kier alpha value is -2.53. The lowest BCUT2D eigenvalue weighted by Gasteiger charge is -2.30. The van der Waals surface area contributed by atoms with Crippen LogP contribution in [0.3, 0.4) is 0 Å². The van der Waals surface area contributed by atoms with E-state index in [4.69, 9.17) is 13.6 Å². The molecule has 3 aromatic rings. The van der Waals surface area contributed by atoms with Crippen molar-refractivity contribution in [3.8, 4) is 22.6 Å². The average molecular weight is 296 g/mol. The maximum absolute atomic E-state index is 5.62. The first-order valence-corrected chi connectivity index (χ1v) is 7.31. The van der Waals surface area contributed by atoms with Gasteiger partial charge in [0, 0.05) is 29.9 Å². The van der Waals surface area contributed by atoms with Crippen molar-refractivity contribution in [1.82, 2.24) is 4.98 Å². The predicted octanol–water partition coefficient (Wildman–Crippen LogP) is 3.44. The lowest BCUT2D eigenvalue weighted by molar-refractivity contribution is 0.122. The fraction of sp³-hybridized carbons (Fsp3) is 0.235. The summed E-state index contributed by atoms with van der Waals surface area (Å²) in [6.07, 6.45) is 4.85. The lowest BCUT2D eigenvalue weighted by Crippen LogP contribution is -2.36. The minimum Gasteiger partial charge on any atom is -0.464 e. The number of hydrogen-bond acceptors (Lipinski definition) is 5. The molecule has 1 aliphatic heterocycles. The number of hydrogen-bond donors (Lipinski definition) is 0. The molecule has 0 unspecified atom stereocenters. The van der Waals surface area contributed by atoms with E-state index in [9.17, 15) is 0 Å². The Balaban J connectivity index is 1.80. The summed E-state index contributed by atoms with van der Waals surface area (Å²) in [6.45, 7) is 3.27. The van der Waals surface area contributed by atoms with Crippen molar-refractivity contribution in [3.05, 3.63) is 49.2 Å². The third-order valence-electron chi connectivity index (χ3n) is 3.85. The van der Waals surface area contributed by atoms with Crippen LogP contribution < -0.4 is 4.90 Å². The van der Waals surface area contributed by atoms with Gasteiger partial charge in [-0.25, -0.2) is 4.98 Å². The Bertz CT molecular complexity index is 729. The van der Waals surface area contributed by atoms with Crippen molar-refractivity contribution < 1.29 is 13.6 Å². The van der Waals surface area contributed by atoms with Gasteiger partial charge in [0.2, 0.25) is 0 Å². The average Bonchev–Trinajstić information content (AvgIpc) is 3.29. The first-order valence-electron chi connectivity index (χ1n) is 7.31. The standard InChI is InChI=1S/C17H16N2O3/c1-2-16(21-7-1)14-10-13(17-11-18-12-22-17)3-4-15(14)19-5-8-20-9-6-19/h1-4,7,10-12H,5-6,8-9H2. The van der Waals surface area contributed by atoms with Crippen LogP contribution in [0.25, 0.3) is 22.6 Å². The van der Waals surface area contributed by atoms with Crippen molar-refractivity contribution >= 4 is 5.69 Å². The molecule has 1 fully saturated rings. The van der Waals surface area contributed by atoms with Gasteiger partial charge >= 0.3 is 0 Å². The first kappa shape index (κ1) is 13.2. The number of nitrogens with zero attached hydrogens (tertiary/aromatic N) is 2. The number of anilines is 1. The van der Waals surface area contributed by atoms with Gasteiger partial charge in [-0.1, -0.05) is 0 Å². The Morgan fingerprint density at radius 2 is 1.91 bits per heavy atom. The minimum absolute atomic E-state index is 0.751. The molecule has 0 bridgehead atoms. The van der Waals surface area contributed by atoms with Crippen LogP contribution in [0.5, 0.6) is 0 Å². The Labute approximate surface area is 128 Å². The molecule has 0 saturated carbocycles. The highest BCUT2D eigenvalue weighted by Crippen LogP contribution is 2.35. The summed E-state index contributed by atoms with van der Waals surface area (Å²) >= 11 is 0. The summed E-state index contributed by atoms with van der Waals surface area (Å²) in [5.41, 5.74) is 3.20. The summed E-state index contributed by atoms with van der Waals surface area (Å²) in [5, 5.41) is 0. The van der Waals surface area contributed by atoms with Crippen molar-refractivity contribution in [2.45, 2.75) is 0 Å². The molecule has 0 aliphatic carbocycles. The molecule has 2 aromatic heterocycles. The van der Waals surface area contributed by atoms with Gasteiger partial charge in [0.25, 0.3) is 0 Å². The van der Waals surface area contributed by atoms with E-state index in [0.717, 1.165) is 54.6 Å². The highest BCUT2D eigenvalue weighted by Gasteiger charge is 2.18. The zero-order valence-corrected chi connectivity index (χ0v) is 12.1. The molecule has 1 aliphatic rings. The van der Waals surface area contributed by atoms with Gasteiger partial charge in [-0.2, -0.15) is 0 Å². The van der Waals surface area contributed by atoms with E-state index in [1.165, 1.54) is 6.39 Å². The highest BCUT2D eigenvalue weighted by molar-refractivity contribution is 5.80. The van der Waals surface area contributed by atoms with Gasteiger partial charge < -0.3 is 18.5 Å². The summed E-state index contributed by atoms with van der Waals surface area (Å²) in [4.78, 5) is 6.31. The Kier molecular flexibility index (Phi) is 3.40. The molecular formula is C17H16N2O3. The number of rotatable bonds is 3. The van der Waals surface area contributed by atoms with Crippen LogP contribution in [-0.4, -0.2) is 31.3 Å². The molecule has 5 heteroatoms. The van der Waals surface area contributed by atoms with Crippen LogP contribution in [0.1, 0.15) is 0 Å². The monoisotopic (exact) mass is 296 g/mol. The maximum Gasteiger partial charge on any atom is 0.181 e. The number of morpholine rings is 1. The molecule has 22 heavy (non-hydrogen) atoms. The molecule has 0 N–H and O–H groups in total. The first-order chi connectivity index (χ1) is 10.9. The summed E-state index contributed by atoms with van der Waals surface area (Å²) < 4.78 is 16.5. The highest BCUT2D eigenvalue weighted by atomic mass is 16.5. The summed E-state index contributed by atoms with van der Waals surface area (Å²) in [5.74, 6) is 1.60. The molecule has 5 nitrogen and oxygen atoms in total. The van der Waals surface area contributed by atoms with Crippen LogP contribution in [0, 0.1) is 0 Å². The fourth-order valence-corrected chi connectivity index (χ4v) is 2.76. The second-order valence-corrected chi connectivity index (χ2v) is 5.17. The van der Waals surface area contributed by atoms with Crippen molar-refractivity contribution in [2.24, 2.45) is 0 Å². The molecule has 0 spiro atoms. The molecule has 1 saturated heterocycles. The van der Waals surface area contributed by atoms with Gasteiger partial charge in [-0.05, 0) is 30.3 Å². The van der Waals surface area contributed by atoms with Crippen molar-refractivity contribution in [3.63, 3.8) is 0 Å². The zero-order chi connectivity index (χ0) is 14.8. The smallest absolute Gasteiger partial charge is 0.181 e. The molecule has 1 aromatic carbocycles. The number of benzene rings is 1. The van der Waals surface area contributed by atoms with Gasteiger partial charge in [0.1, 0.15) is 5.76 Å². The summed E-state index contributed by atoms with van der Waals surface area (Å²) in [7, 11) is 0. The number of aromatic nitrogens is 1. The van der Waals surface area contributed by atoms with E-state index in [1.807, 2.05) is 12.1 Å². The number of oxazole rings is 1. The third-order valence-corrected chi connectivity index (χ3v) is 3.85. The van der Waals surface area contributed by atoms with E-state index in [1.54, 1.807) is 12.5 Å².